The van der Waals surface area contributed by atoms with Gasteiger partial charge in [0, 0.05) is 18.8 Å². The molecule has 0 aliphatic carbocycles. The van der Waals surface area contributed by atoms with Gasteiger partial charge in [-0.2, -0.15) is 0 Å². The molecule has 4 heteroatoms. The second kappa shape index (κ2) is 9.30. The number of rotatable bonds is 8. The Morgan fingerprint density at radius 3 is 2.58 bits per heavy atom. The number of benzene rings is 2. The quantitative estimate of drug-likeness (QED) is 0.726. The van der Waals surface area contributed by atoms with Crippen molar-refractivity contribution < 1.29 is 4.74 Å². The van der Waals surface area contributed by atoms with Crippen LogP contribution in [0.3, 0.4) is 0 Å². The number of nitrogens with zero attached hydrogens (tertiary/aromatic N) is 1. The van der Waals surface area contributed by atoms with E-state index in [4.69, 9.17) is 4.74 Å². The number of likely N-dealkylation sites (tertiary alicyclic amines) is 1. The first-order valence-electron chi connectivity index (χ1n) is 8.88. The molecule has 0 spiro atoms. The Balaban J connectivity index is 1.40. The zero-order valence-electron chi connectivity index (χ0n) is 14.2. The molecule has 1 aliphatic heterocycles. The molecular formula is C20H27N3O. The fraction of sp³-hybridized carbons (Fsp3) is 0.400. The Bertz CT molecular complexity index is 597. The monoisotopic (exact) mass is 325 g/mol. The van der Waals surface area contributed by atoms with E-state index in [2.05, 4.69) is 34.0 Å². The summed E-state index contributed by atoms with van der Waals surface area (Å²) >= 11 is 0. The summed E-state index contributed by atoms with van der Waals surface area (Å²) in [7, 11) is 0. The van der Waals surface area contributed by atoms with E-state index in [9.17, 15) is 0 Å². The number of para-hydroxylation sites is 1. The predicted molar refractivity (Wildman–Crippen MR) is 99.1 cm³/mol. The molecule has 0 saturated carbocycles. The number of hydrogen-bond acceptors (Lipinski definition) is 4. The van der Waals surface area contributed by atoms with Crippen LogP contribution in [0.15, 0.2) is 54.6 Å². The maximum Gasteiger partial charge on any atom is 0.119 e. The van der Waals surface area contributed by atoms with E-state index >= 15 is 0 Å². The molecule has 3 rings (SSSR count). The van der Waals surface area contributed by atoms with Crippen molar-refractivity contribution in [2.75, 3.05) is 31.7 Å². The van der Waals surface area contributed by atoms with Gasteiger partial charge in [0.05, 0.1) is 0 Å². The molecule has 128 valence electrons. The first-order chi connectivity index (χ1) is 11.9. The lowest BCUT2D eigenvalue weighted by Gasteiger charge is -2.26. The van der Waals surface area contributed by atoms with Crippen molar-refractivity contribution in [3.8, 4) is 5.75 Å². The van der Waals surface area contributed by atoms with E-state index in [1.165, 1.54) is 37.9 Å². The zero-order valence-corrected chi connectivity index (χ0v) is 14.2. The van der Waals surface area contributed by atoms with Crippen molar-refractivity contribution in [3.63, 3.8) is 0 Å². The molecule has 0 aromatic heterocycles. The van der Waals surface area contributed by atoms with E-state index < -0.39 is 0 Å². The van der Waals surface area contributed by atoms with Gasteiger partial charge in [0.1, 0.15) is 12.4 Å². The number of ether oxygens (including phenoxy) is 1. The normalized spacial score (nSPS) is 15.2. The molecule has 0 atom stereocenters. The second-order valence-electron chi connectivity index (χ2n) is 6.24. The first-order valence-corrected chi connectivity index (χ1v) is 8.88. The van der Waals surface area contributed by atoms with Gasteiger partial charge in [-0.3, -0.25) is 4.90 Å². The smallest absolute Gasteiger partial charge is 0.119 e. The lowest BCUT2D eigenvalue weighted by molar-refractivity contribution is 0.183. The summed E-state index contributed by atoms with van der Waals surface area (Å²) in [6.07, 6.45) is 4.04. The largest absolute Gasteiger partial charge is 0.492 e. The maximum absolute atomic E-state index is 5.92. The SMILES string of the molecule is c1ccc(NNCc2cccc(OCCN3CCCCC3)c2)cc1. The number of hydrogen-bond donors (Lipinski definition) is 2. The highest BCUT2D eigenvalue weighted by molar-refractivity contribution is 5.41. The summed E-state index contributed by atoms with van der Waals surface area (Å²) in [4.78, 5) is 2.50. The van der Waals surface area contributed by atoms with Gasteiger partial charge < -0.3 is 10.2 Å². The molecule has 2 aromatic carbocycles. The fourth-order valence-electron chi connectivity index (χ4n) is 2.99. The summed E-state index contributed by atoms with van der Waals surface area (Å²) in [6, 6.07) is 18.4. The van der Waals surface area contributed by atoms with Crippen molar-refractivity contribution in [2.45, 2.75) is 25.8 Å². The molecule has 0 unspecified atom stereocenters. The van der Waals surface area contributed by atoms with Gasteiger partial charge in [0.25, 0.3) is 0 Å². The summed E-state index contributed by atoms with van der Waals surface area (Å²) in [5, 5.41) is 0. The predicted octanol–water partition coefficient (Wildman–Crippen LogP) is 3.67. The van der Waals surface area contributed by atoms with E-state index in [1.807, 2.05) is 36.4 Å². The van der Waals surface area contributed by atoms with Crippen LogP contribution in [0.25, 0.3) is 0 Å². The van der Waals surface area contributed by atoms with E-state index in [-0.39, 0.29) is 0 Å². The number of piperidine rings is 1. The third-order valence-electron chi connectivity index (χ3n) is 4.32. The van der Waals surface area contributed by atoms with Gasteiger partial charge >= 0.3 is 0 Å². The maximum atomic E-state index is 5.92. The summed E-state index contributed by atoms with van der Waals surface area (Å²) in [5.74, 6) is 0.950. The second-order valence-corrected chi connectivity index (χ2v) is 6.24. The van der Waals surface area contributed by atoms with E-state index in [0.29, 0.717) is 0 Å². The summed E-state index contributed by atoms with van der Waals surface area (Å²) < 4.78 is 5.92. The van der Waals surface area contributed by atoms with Crippen LogP contribution in [0.1, 0.15) is 24.8 Å². The van der Waals surface area contributed by atoms with Crippen LogP contribution >= 0.6 is 0 Å². The molecule has 4 nitrogen and oxygen atoms in total. The molecule has 0 bridgehead atoms. The molecule has 1 heterocycles. The molecule has 0 radical (unpaired) electrons. The molecule has 2 aromatic rings. The van der Waals surface area contributed by atoms with Crippen LogP contribution in [-0.2, 0) is 6.54 Å². The number of nitrogens with one attached hydrogen (secondary N) is 2. The van der Waals surface area contributed by atoms with Gasteiger partial charge in [-0.25, -0.2) is 5.43 Å². The molecule has 24 heavy (non-hydrogen) atoms. The molecule has 1 aliphatic rings. The topological polar surface area (TPSA) is 36.5 Å². The standard InChI is InChI=1S/C20H27N3O/c1-3-9-19(10-4-1)22-21-17-18-8-7-11-20(16-18)24-15-14-23-12-5-2-6-13-23/h1,3-4,7-11,16,21-22H,2,5-6,12-15,17H2. The number of hydrazine groups is 1. The Hall–Kier alpha value is -2.04. The van der Waals surface area contributed by atoms with E-state index in [0.717, 1.165) is 31.1 Å². The molecule has 0 amide bonds. The number of anilines is 1. The van der Waals surface area contributed by atoms with Crippen LogP contribution in [0.4, 0.5) is 5.69 Å². The molecule has 2 N–H and O–H groups in total. The van der Waals surface area contributed by atoms with Crippen LogP contribution in [-0.4, -0.2) is 31.1 Å². The van der Waals surface area contributed by atoms with Crippen LogP contribution in [0.5, 0.6) is 5.75 Å². The minimum absolute atomic E-state index is 0.748. The molecule has 1 fully saturated rings. The minimum atomic E-state index is 0.748. The zero-order chi connectivity index (χ0) is 16.5. The van der Waals surface area contributed by atoms with Gasteiger partial charge in [-0.15, -0.1) is 0 Å². The van der Waals surface area contributed by atoms with Crippen molar-refractivity contribution in [1.82, 2.24) is 10.3 Å². The van der Waals surface area contributed by atoms with Crippen LogP contribution < -0.4 is 15.6 Å². The van der Waals surface area contributed by atoms with Gasteiger partial charge in [-0.05, 0) is 55.8 Å². The summed E-state index contributed by atoms with van der Waals surface area (Å²) in [6.45, 7) is 4.98. The summed E-state index contributed by atoms with van der Waals surface area (Å²) in [5.41, 5.74) is 8.70. The Morgan fingerprint density at radius 2 is 1.75 bits per heavy atom. The minimum Gasteiger partial charge on any atom is -0.492 e. The first kappa shape index (κ1) is 16.8. The highest BCUT2D eigenvalue weighted by Crippen LogP contribution is 2.14. The van der Waals surface area contributed by atoms with Gasteiger partial charge in [-0.1, -0.05) is 36.8 Å². The van der Waals surface area contributed by atoms with Crippen molar-refractivity contribution in [2.24, 2.45) is 0 Å². The molecular weight excluding hydrogens is 298 g/mol. The highest BCUT2D eigenvalue weighted by atomic mass is 16.5. The molecule has 1 saturated heterocycles. The Labute approximate surface area is 144 Å². The highest BCUT2D eigenvalue weighted by Gasteiger charge is 2.09. The van der Waals surface area contributed by atoms with Crippen LogP contribution in [0.2, 0.25) is 0 Å². The third-order valence-corrected chi connectivity index (χ3v) is 4.32. The van der Waals surface area contributed by atoms with Gasteiger partial charge in [0.15, 0.2) is 0 Å². The average molecular weight is 325 g/mol. The van der Waals surface area contributed by atoms with E-state index in [1.54, 1.807) is 0 Å². The van der Waals surface area contributed by atoms with Crippen molar-refractivity contribution in [3.05, 3.63) is 60.2 Å². The Morgan fingerprint density at radius 1 is 0.917 bits per heavy atom. The lowest BCUT2D eigenvalue weighted by Crippen LogP contribution is -2.33. The lowest BCUT2D eigenvalue weighted by atomic mass is 10.1. The average Bonchev–Trinajstić information content (AvgIpc) is 2.64. The van der Waals surface area contributed by atoms with Crippen LogP contribution in [0, 0.1) is 0 Å². The van der Waals surface area contributed by atoms with Gasteiger partial charge in [0.2, 0.25) is 0 Å². The van der Waals surface area contributed by atoms with Crippen molar-refractivity contribution in [1.29, 1.82) is 0 Å². The van der Waals surface area contributed by atoms with Crippen molar-refractivity contribution >= 4 is 5.69 Å². The third kappa shape index (κ3) is 5.55. The Kier molecular flexibility index (Phi) is 6.51. The fourth-order valence-corrected chi connectivity index (χ4v) is 2.99.